The summed E-state index contributed by atoms with van der Waals surface area (Å²) in [6.45, 7) is 5.66. The van der Waals surface area contributed by atoms with Crippen LogP contribution in [0.4, 0.5) is 5.69 Å². The van der Waals surface area contributed by atoms with E-state index in [1.165, 1.54) is 44.2 Å². The third kappa shape index (κ3) is 6.15. The van der Waals surface area contributed by atoms with Crippen LogP contribution >= 0.6 is 0 Å². The maximum atomic E-state index is 13.8. The lowest BCUT2D eigenvalue weighted by molar-refractivity contribution is -0.384. The Balaban J connectivity index is 1.20. The number of piperazine rings is 1. The first-order valence-corrected chi connectivity index (χ1v) is 14.7. The van der Waals surface area contributed by atoms with Crippen molar-refractivity contribution < 1.29 is 24.0 Å². The quantitative estimate of drug-likeness (QED) is 0.273. The summed E-state index contributed by atoms with van der Waals surface area (Å²) in [5.74, 6) is 0.768. The average Bonchev–Trinajstić information content (AvgIpc) is 2.98. The average molecular weight is 556 g/mol. The lowest BCUT2D eigenvalue weighted by Gasteiger charge is -2.57. The Morgan fingerprint density at radius 2 is 1.70 bits per heavy atom. The van der Waals surface area contributed by atoms with Crippen LogP contribution in [0.25, 0.3) is 0 Å². The molecule has 218 valence electrons. The monoisotopic (exact) mass is 555 g/mol. The van der Waals surface area contributed by atoms with Gasteiger partial charge in [0.1, 0.15) is 0 Å². The molecule has 4 heterocycles. The van der Waals surface area contributed by atoms with E-state index in [0.29, 0.717) is 62.6 Å². The summed E-state index contributed by atoms with van der Waals surface area (Å²) in [7, 11) is 1.42. The molecule has 4 aliphatic rings. The molecule has 0 aromatic heterocycles. The van der Waals surface area contributed by atoms with Gasteiger partial charge in [0.25, 0.3) is 11.6 Å². The number of rotatable bonds is 8. The number of piperidine rings is 3. The topological polar surface area (TPSA) is 117 Å². The molecule has 40 heavy (non-hydrogen) atoms. The number of nitrogens with zero attached hydrogens (tertiary/aromatic N) is 5. The zero-order valence-electron chi connectivity index (χ0n) is 23.4. The normalized spacial score (nSPS) is 27.1. The molecule has 4 aliphatic heterocycles. The molecule has 0 saturated carbocycles. The fourth-order valence-corrected chi connectivity index (χ4v) is 7.51. The van der Waals surface area contributed by atoms with E-state index < -0.39 is 4.92 Å². The summed E-state index contributed by atoms with van der Waals surface area (Å²) >= 11 is 0. The van der Waals surface area contributed by atoms with Gasteiger partial charge in [0, 0.05) is 68.9 Å². The van der Waals surface area contributed by atoms with E-state index in [1.54, 1.807) is 4.90 Å². The van der Waals surface area contributed by atoms with Crippen LogP contribution in [0.2, 0.25) is 0 Å². The largest absolute Gasteiger partial charge is 0.469 e. The van der Waals surface area contributed by atoms with Crippen LogP contribution in [0.5, 0.6) is 0 Å². The third-order valence-electron chi connectivity index (χ3n) is 9.44. The summed E-state index contributed by atoms with van der Waals surface area (Å²) in [5, 5.41) is 10.9. The zero-order valence-corrected chi connectivity index (χ0v) is 23.4. The maximum absolute atomic E-state index is 13.8. The van der Waals surface area contributed by atoms with Crippen LogP contribution in [0.15, 0.2) is 24.3 Å². The molecule has 4 saturated heterocycles. The number of nitro groups is 1. The number of hydrogen-bond acceptors (Lipinski definition) is 8. The van der Waals surface area contributed by atoms with Gasteiger partial charge in [0.2, 0.25) is 5.91 Å². The molecule has 0 spiro atoms. The number of nitro benzene ring substituents is 1. The predicted octanol–water partition coefficient (Wildman–Crippen LogP) is 2.40. The highest BCUT2D eigenvalue weighted by Crippen LogP contribution is 2.43. The fraction of sp³-hybridized carbons (Fsp3) is 0.690. The SMILES string of the molecule is COC(=O)CCCC1C2CCCN3CCCC(CN1C(=O)CN1CCN(C(=O)c4ccc([N+](=O)[O-])cc4)CC1)C23. The molecule has 0 N–H and O–H groups in total. The van der Waals surface area contributed by atoms with Crippen molar-refractivity contribution in [3.8, 4) is 0 Å². The number of carbonyl (C=O) groups is 3. The smallest absolute Gasteiger partial charge is 0.305 e. The van der Waals surface area contributed by atoms with Gasteiger partial charge in [-0.1, -0.05) is 0 Å². The Morgan fingerprint density at radius 3 is 2.38 bits per heavy atom. The molecular weight excluding hydrogens is 514 g/mol. The summed E-state index contributed by atoms with van der Waals surface area (Å²) in [5.41, 5.74) is 0.392. The van der Waals surface area contributed by atoms with E-state index in [0.717, 1.165) is 45.3 Å². The minimum absolute atomic E-state index is 0.0401. The van der Waals surface area contributed by atoms with E-state index in [4.69, 9.17) is 4.74 Å². The van der Waals surface area contributed by atoms with Crippen molar-refractivity contribution in [3.63, 3.8) is 0 Å². The van der Waals surface area contributed by atoms with Crippen LogP contribution in [0.3, 0.4) is 0 Å². The van der Waals surface area contributed by atoms with Gasteiger partial charge in [0.15, 0.2) is 0 Å². The second kappa shape index (κ2) is 12.6. The van der Waals surface area contributed by atoms with Crippen molar-refractivity contribution in [1.82, 2.24) is 19.6 Å². The van der Waals surface area contributed by atoms with Crippen LogP contribution < -0.4 is 0 Å². The Hall–Kier alpha value is -3.05. The summed E-state index contributed by atoms with van der Waals surface area (Å²) in [6, 6.07) is 6.39. The minimum atomic E-state index is -0.477. The molecule has 0 bridgehead atoms. The van der Waals surface area contributed by atoms with E-state index in [1.807, 2.05) is 0 Å². The van der Waals surface area contributed by atoms with Crippen molar-refractivity contribution in [2.45, 2.75) is 57.0 Å². The molecule has 1 aromatic carbocycles. The van der Waals surface area contributed by atoms with Gasteiger partial charge in [-0.05, 0) is 75.6 Å². The number of esters is 1. The van der Waals surface area contributed by atoms with Gasteiger partial charge >= 0.3 is 5.97 Å². The van der Waals surface area contributed by atoms with Gasteiger partial charge < -0.3 is 14.5 Å². The van der Waals surface area contributed by atoms with Gasteiger partial charge in [-0.3, -0.25) is 34.3 Å². The van der Waals surface area contributed by atoms with Crippen molar-refractivity contribution in [2.24, 2.45) is 11.8 Å². The highest BCUT2D eigenvalue weighted by atomic mass is 16.6. The number of hydrogen-bond donors (Lipinski definition) is 0. The number of likely N-dealkylation sites (tertiary alicyclic amines) is 1. The fourth-order valence-electron chi connectivity index (χ4n) is 7.51. The first-order chi connectivity index (χ1) is 19.4. The second-order valence-corrected chi connectivity index (χ2v) is 11.7. The first-order valence-electron chi connectivity index (χ1n) is 14.7. The molecule has 0 radical (unpaired) electrons. The second-order valence-electron chi connectivity index (χ2n) is 11.7. The Bertz CT molecular complexity index is 1090. The molecular formula is C29H41N5O6. The van der Waals surface area contributed by atoms with Gasteiger partial charge in [-0.25, -0.2) is 0 Å². The number of ether oxygens (including phenoxy) is 1. The van der Waals surface area contributed by atoms with Crippen LogP contribution in [0, 0.1) is 22.0 Å². The van der Waals surface area contributed by atoms with Crippen molar-refractivity contribution in [1.29, 1.82) is 0 Å². The minimum Gasteiger partial charge on any atom is -0.469 e. The molecule has 0 aliphatic carbocycles. The molecule has 4 atom stereocenters. The number of amides is 2. The lowest BCUT2D eigenvalue weighted by Crippen LogP contribution is -2.66. The van der Waals surface area contributed by atoms with Gasteiger partial charge in [-0.2, -0.15) is 0 Å². The standard InChI is InChI=1S/C29H41N5O6/c1-40-27(36)8-2-7-25-24-6-4-14-31-13-3-5-22(28(24)31)19-33(25)26(35)20-30-15-17-32(18-16-30)29(37)21-9-11-23(12-10-21)34(38)39/h9-12,22,24-25,28H,2-8,13-20H2,1H3. The summed E-state index contributed by atoms with van der Waals surface area (Å²) in [6.07, 6.45) is 6.57. The molecule has 4 fully saturated rings. The molecule has 11 heteroatoms. The Labute approximate surface area is 235 Å². The summed E-state index contributed by atoms with van der Waals surface area (Å²) < 4.78 is 4.86. The van der Waals surface area contributed by atoms with Crippen molar-refractivity contribution >= 4 is 23.5 Å². The Morgan fingerprint density at radius 1 is 1.00 bits per heavy atom. The zero-order chi connectivity index (χ0) is 28.2. The van der Waals surface area contributed by atoms with Crippen LogP contribution in [-0.4, -0.2) is 114 Å². The van der Waals surface area contributed by atoms with Crippen LogP contribution in [0.1, 0.15) is 55.3 Å². The van der Waals surface area contributed by atoms with E-state index in [2.05, 4.69) is 14.7 Å². The summed E-state index contributed by atoms with van der Waals surface area (Å²) in [4.78, 5) is 57.7. The third-order valence-corrected chi connectivity index (χ3v) is 9.44. The molecule has 1 aromatic rings. The van der Waals surface area contributed by atoms with E-state index >= 15 is 0 Å². The number of non-ortho nitro benzene ring substituents is 1. The van der Waals surface area contributed by atoms with E-state index in [9.17, 15) is 24.5 Å². The molecule has 5 rings (SSSR count). The highest BCUT2D eigenvalue weighted by molar-refractivity contribution is 5.94. The highest BCUT2D eigenvalue weighted by Gasteiger charge is 2.49. The molecule has 2 amide bonds. The maximum Gasteiger partial charge on any atom is 0.305 e. The van der Waals surface area contributed by atoms with Crippen LogP contribution in [-0.2, 0) is 14.3 Å². The van der Waals surface area contributed by atoms with Gasteiger partial charge in [-0.15, -0.1) is 0 Å². The first kappa shape index (κ1) is 28.5. The predicted molar refractivity (Wildman–Crippen MR) is 148 cm³/mol. The van der Waals surface area contributed by atoms with Crippen molar-refractivity contribution in [2.75, 3.05) is 59.5 Å². The lowest BCUT2D eigenvalue weighted by atomic mass is 9.69. The molecule has 4 unspecified atom stereocenters. The number of benzene rings is 1. The van der Waals surface area contributed by atoms with Gasteiger partial charge in [0.05, 0.1) is 18.6 Å². The van der Waals surface area contributed by atoms with E-state index in [-0.39, 0.29) is 29.5 Å². The van der Waals surface area contributed by atoms with Crippen molar-refractivity contribution in [3.05, 3.63) is 39.9 Å². The Kier molecular flexibility index (Phi) is 9.00. The molecule has 11 nitrogen and oxygen atoms in total. The number of methoxy groups -OCH3 is 1. The number of carbonyl (C=O) groups excluding carboxylic acids is 3.